The zero-order valence-electron chi connectivity index (χ0n) is 10.4. The molecule has 0 amide bonds. The van der Waals surface area contributed by atoms with E-state index in [2.05, 4.69) is 15.1 Å². The van der Waals surface area contributed by atoms with Gasteiger partial charge >= 0.3 is 0 Å². The van der Waals surface area contributed by atoms with Crippen LogP contribution in [0, 0.1) is 6.92 Å². The Morgan fingerprint density at radius 2 is 2.06 bits per heavy atom. The minimum Gasteiger partial charge on any atom is -0.293 e. The van der Waals surface area contributed by atoms with Crippen LogP contribution in [0.3, 0.4) is 0 Å². The number of aryl methyl sites for hydroxylation is 2. The molecule has 2 heterocycles. The highest BCUT2D eigenvalue weighted by Crippen LogP contribution is 2.17. The Bertz CT molecular complexity index is 626. The van der Waals surface area contributed by atoms with E-state index in [4.69, 9.17) is 0 Å². The second-order valence-corrected chi connectivity index (χ2v) is 4.79. The lowest BCUT2D eigenvalue weighted by Gasteiger charge is -2.01. The van der Waals surface area contributed by atoms with Crippen LogP contribution >= 0.6 is 0 Å². The molecule has 3 rings (SSSR count). The fourth-order valence-corrected chi connectivity index (χ4v) is 2.49. The summed E-state index contributed by atoms with van der Waals surface area (Å²) in [5, 5.41) is 3.20. The molecular formula is C13H16N4O. The molecule has 0 aliphatic heterocycles. The normalized spacial score (nSPS) is 15.2. The maximum atomic E-state index is 12.3. The fraction of sp³-hybridized carbons (Fsp3) is 0.462. The summed E-state index contributed by atoms with van der Waals surface area (Å²) in [6.45, 7) is 1.89. The third-order valence-electron chi connectivity index (χ3n) is 3.44. The number of nitrogens with one attached hydrogen (secondary N) is 1. The molecule has 18 heavy (non-hydrogen) atoms. The van der Waals surface area contributed by atoms with Gasteiger partial charge in [-0.2, -0.15) is 0 Å². The number of nitrogens with zero attached hydrogens (tertiary/aromatic N) is 3. The van der Waals surface area contributed by atoms with Crippen LogP contribution in [-0.4, -0.2) is 19.7 Å². The van der Waals surface area contributed by atoms with E-state index in [0.717, 1.165) is 42.6 Å². The van der Waals surface area contributed by atoms with E-state index >= 15 is 0 Å². The monoisotopic (exact) mass is 244 g/mol. The molecule has 1 aliphatic rings. The van der Waals surface area contributed by atoms with Crippen molar-refractivity contribution in [1.29, 1.82) is 0 Å². The molecule has 1 aliphatic carbocycles. The van der Waals surface area contributed by atoms with Gasteiger partial charge < -0.3 is 0 Å². The van der Waals surface area contributed by atoms with Gasteiger partial charge in [-0.15, -0.1) is 0 Å². The Hall–Kier alpha value is -1.91. The third-order valence-corrected chi connectivity index (χ3v) is 3.44. The standard InChI is InChI=1S/C13H16N4O/c1-9-7-12(15-8-14-9)17-13(18)10-5-3-2-4-6-11(10)16-17/h7-8,16H,2-6H2,1H3. The molecule has 2 aromatic rings. The van der Waals surface area contributed by atoms with E-state index in [1.807, 2.05) is 13.0 Å². The van der Waals surface area contributed by atoms with E-state index < -0.39 is 0 Å². The van der Waals surface area contributed by atoms with E-state index in [1.165, 1.54) is 12.7 Å². The molecule has 0 unspecified atom stereocenters. The lowest BCUT2D eigenvalue weighted by atomic mass is 10.1. The zero-order valence-corrected chi connectivity index (χ0v) is 10.4. The number of hydrogen-bond donors (Lipinski definition) is 1. The van der Waals surface area contributed by atoms with Crippen molar-refractivity contribution in [3.05, 3.63) is 39.7 Å². The van der Waals surface area contributed by atoms with Crippen molar-refractivity contribution in [2.75, 3.05) is 0 Å². The van der Waals surface area contributed by atoms with Crippen LogP contribution in [-0.2, 0) is 12.8 Å². The Morgan fingerprint density at radius 1 is 1.22 bits per heavy atom. The van der Waals surface area contributed by atoms with Gasteiger partial charge in [0.1, 0.15) is 6.33 Å². The number of rotatable bonds is 1. The summed E-state index contributed by atoms with van der Waals surface area (Å²) >= 11 is 0. The Kier molecular flexibility index (Phi) is 2.74. The van der Waals surface area contributed by atoms with E-state index in [1.54, 1.807) is 4.68 Å². The lowest BCUT2D eigenvalue weighted by Crippen LogP contribution is -2.18. The number of aromatic amines is 1. The van der Waals surface area contributed by atoms with Crippen molar-refractivity contribution in [2.45, 2.75) is 39.0 Å². The molecule has 5 nitrogen and oxygen atoms in total. The first-order valence-electron chi connectivity index (χ1n) is 6.37. The topological polar surface area (TPSA) is 63.6 Å². The van der Waals surface area contributed by atoms with Gasteiger partial charge in [-0.25, -0.2) is 14.6 Å². The van der Waals surface area contributed by atoms with Crippen LogP contribution in [0.1, 0.15) is 36.2 Å². The minimum atomic E-state index is 0.0463. The molecule has 0 fully saturated rings. The van der Waals surface area contributed by atoms with Crippen molar-refractivity contribution in [2.24, 2.45) is 0 Å². The second kappa shape index (κ2) is 4.40. The minimum absolute atomic E-state index is 0.0463. The summed E-state index contributed by atoms with van der Waals surface area (Å²) in [6.07, 6.45) is 6.78. The number of hydrogen-bond acceptors (Lipinski definition) is 3. The first kappa shape index (κ1) is 11.2. The van der Waals surface area contributed by atoms with Gasteiger partial charge in [-0.1, -0.05) is 6.42 Å². The van der Waals surface area contributed by atoms with Crippen LogP contribution < -0.4 is 5.56 Å². The number of H-pyrrole nitrogens is 1. The lowest BCUT2D eigenvalue weighted by molar-refractivity contribution is 0.686. The SMILES string of the molecule is Cc1cc(-n2[nH]c3c(c2=O)CCCCC3)ncn1. The molecule has 0 aromatic carbocycles. The Balaban J connectivity index is 2.11. The highest BCUT2D eigenvalue weighted by atomic mass is 16.1. The maximum absolute atomic E-state index is 12.3. The summed E-state index contributed by atoms with van der Waals surface area (Å²) in [5.41, 5.74) is 2.92. The van der Waals surface area contributed by atoms with Crippen LogP contribution in [0.15, 0.2) is 17.2 Å². The molecule has 5 heteroatoms. The van der Waals surface area contributed by atoms with Crippen LogP contribution in [0.4, 0.5) is 0 Å². The second-order valence-electron chi connectivity index (χ2n) is 4.79. The molecule has 1 N–H and O–H groups in total. The summed E-state index contributed by atoms with van der Waals surface area (Å²) in [4.78, 5) is 20.6. The molecule has 0 bridgehead atoms. The zero-order chi connectivity index (χ0) is 12.5. The molecule has 2 aromatic heterocycles. The van der Waals surface area contributed by atoms with E-state index in [0.29, 0.717) is 5.82 Å². The Labute approximate surface area is 105 Å². The highest BCUT2D eigenvalue weighted by Gasteiger charge is 2.17. The Morgan fingerprint density at radius 3 is 2.89 bits per heavy atom. The molecular weight excluding hydrogens is 228 g/mol. The van der Waals surface area contributed by atoms with Crippen molar-refractivity contribution >= 4 is 0 Å². The third kappa shape index (κ3) is 1.85. The first-order valence-corrected chi connectivity index (χ1v) is 6.37. The number of fused-ring (bicyclic) bond motifs is 1. The number of aromatic nitrogens is 4. The molecule has 94 valence electrons. The predicted octanol–water partition coefficient (Wildman–Crippen LogP) is 1.53. The van der Waals surface area contributed by atoms with Crippen molar-refractivity contribution in [3.8, 4) is 5.82 Å². The molecule has 0 saturated heterocycles. The van der Waals surface area contributed by atoms with E-state index in [-0.39, 0.29) is 5.56 Å². The smallest absolute Gasteiger partial charge is 0.276 e. The van der Waals surface area contributed by atoms with Gasteiger partial charge in [0.05, 0.1) is 0 Å². The van der Waals surface area contributed by atoms with Crippen molar-refractivity contribution < 1.29 is 0 Å². The molecule has 0 atom stereocenters. The van der Waals surface area contributed by atoms with Gasteiger partial charge in [0, 0.05) is 23.0 Å². The molecule has 0 spiro atoms. The van der Waals surface area contributed by atoms with Gasteiger partial charge in [0.25, 0.3) is 5.56 Å². The van der Waals surface area contributed by atoms with Crippen molar-refractivity contribution in [3.63, 3.8) is 0 Å². The van der Waals surface area contributed by atoms with Crippen LogP contribution in [0.2, 0.25) is 0 Å². The quantitative estimate of drug-likeness (QED) is 0.774. The highest BCUT2D eigenvalue weighted by molar-refractivity contribution is 5.27. The molecule has 0 saturated carbocycles. The summed E-state index contributed by atoms with van der Waals surface area (Å²) < 4.78 is 1.55. The largest absolute Gasteiger partial charge is 0.293 e. The predicted molar refractivity (Wildman–Crippen MR) is 68.0 cm³/mol. The average molecular weight is 244 g/mol. The average Bonchev–Trinajstić information content (AvgIpc) is 2.55. The van der Waals surface area contributed by atoms with Gasteiger partial charge in [-0.3, -0.25) is 9.89 Å². The van der Waals surface area contributed by atoms with Crippen LogP contribution in [0.5, 0.6) is 0 Å². The van der Waals surface area contributed by atoms with Gasteiger partial charge in [0.15, 0.2) is 5.82 Å². The molecule has 0 radical (unpaired) electrons. The van der Waals surface area contributed by atoms with E-state index in [9.17, 15) is 4.79 Å². The van der Waals surface area contributed by atoms with Crippen molar-refractivity contribution in [1.82, 2.24) is 19.7 Å². The van der Waals surface area contributed by atoms with Gasteiger partial charge in [-0.05, 0) is 32.6 Å². The summed E-state index contributed by atoms with van der Waals surface area (Å²) in [7, 11) is 0. The van der Waals surface area contributed by atoms with Gasteiger partial charge in [0.2, 0.25) is 0 Å². The van der Waals surface area contributed by atoms with Crippen LogP contribution in [0.25, 0.3) is 5.82 Å². The fourth-order valence-electron chi connectivity index (χ4n) is 2.49. The summed E-state index contributed by atoms with van der Waals surface area (Å²) in [6, 6.07) is 1.82. The maximum Gasteiger partial charge on any atom is 0.276 e. The first-order chi connectivity index (χ1) is 8.75. The summed E-state index contributed by atoms with van der Waals surface area (Å²) in [5.74, 6) is 0.626.